The van der Waals surface area contributed by atoms with Crippen LogP contribution in [0.4, 0.5) is 5.82 Å². The molecule has 0 fully saturated rings. The summed E-state index contributed by atoms with van der Waals surface area (Å²) in [6.07, 6.45) is 4.62. The molecule has 0 aromatic carbocycles. The molecule has 5 nitrogen and oxygen atoms in total. The molecule has 0 bridgehead atoms. The molecule has 0 spiro atoms. The Labute approximate surface area is 120 Å². The fourth-order valence-corrected chi connectivity index (χ4v) is 1.86. The number of hydrogen-bond donors (Lipinski definition) is 1. The van der Waals surface area contributed by atoms with E-state index < -0.39 is 0 Å². The first kappa shape index (κ1) is 14.4. The molecule has 2 heterocycles. The van der Waals surface area contributed by atoms with Crippen molar-refractivity contribution in [2.24, 2.45) is 0 Å². The van der Waals surface area contributed by atoms with Crippen molar-refractivity contribution in [3.63, 3.8) is 0 Å². The van der Waals surface area contributed by atoms with Crippen molar-refractivity contribution in [2.45, 2.75) is 19.9 Å². The van der Waals surface area contributed by atoms with Crippen LogP contribution < -0.4 is 10.2 Å². The summed E-state index contributed by atoms with van der Waals surface area (Å²) in [4.78, 5) is 6.14. The summed E-state index contributed by atoms with van der Waals surface area (Å²) in [5, 5.41) is 11.7. The monoisotopic (exact) mass is 271 g/mol. The second-order valence-corrected chi connectivity index (χ2v) is 4.69. The fourth-order valence-electron chi connectivity index (χ4n) is 1.86. The van der Waals surface area contributed by atoms with Crippen molar-refractivity contribution in [1.82, 2.24) is 20.5 Å². The number of rotatable bonds is 7. The van der Waals surface area contributed by atoms with Gasteiger partial charge in [0.05, 0.1) is 5.69 Å². The Morgan fingerprint density at radius 1 is 1.10 bits per heavy atom. The zero-order valence-corrected chi connectivity index (χ0v) is 12.1. The molecular formula is C15H21N5. The normalized spacial score (nSPS) is 10.5. The van der Waals surface area contributed by atoms with Crippen molar-refractivity contribution in [3.05, 3.63) is 47.9 Å². The van der Waals surface area contributed by atoms with Gasteiger partial charge in [-0.1, -0.05) is 6.92 Å². The van der Waals surface area contributed by atoms with E-state index in [1.165, 1.54) is 5.56 Å². The lowest BCUT2D eigenvalue weighted by atomic mass is 10.2. The van der Waals surface area contributed by atoms with E-state index in [2.05, 4.69) is 32.3 Å². The molecule has 20 heavy (non-hydrogen) atoms. The fraction of sp³-hybridized carbons (Fsp3) is 0.400. The van der Waals surface area contributed by atoms with Crippen LogP contribution in [0.25, 0.3) is 0 Å². The van der Waals surface area contributed by atoms with E-state index in [0.29, 0.717) is 0 Å². The maximum atomic E-state index is 4.27. The van der Waals surface area contributed by atoms with Crippen molar-refractivity contribution >= 4 is 5.82 Å². The van der Waals surface area contributed by atoms with Gasteiger partial charge in [-0.15, -0.1) is 5.10 Å². The topological polar surface area (TPSA) is 53.9 Å². The zero-order valence-electron chi connectivity index (χ0n) is 12.1. The molecule has 0 radical (unpaired) electrons. The molecule has 0 aliphatic carbocycles. The molecule has 0 saturated heterocycles. The van der Waals surface area contributed by atoms with Crippen molar-refractivity contribution in [3.8, 4) is 0 Å². The van der Waals surface area contributed by atoms with Gasteiger partial charge in [0.15, 0.2) is 5.82 Å². The Morgan fingerprint density at radius 2 is 1.90 bits per heavy atom. The van der Waals surface area contributed by atoms with Gasteiger partial charge < -0.3 is 10.2 Å². The van der Waals surface area contributed by atoms with Gasteiger partial charge in [-0.25, -0.2) is 0 Å². The predicted octanol–water partition coefficient (Wildman–Crippen LogP) is 1.66. The Hall–Kier alpha value is -2.01. The van der Waals surface area contributed by atoms with Crippen molar-refractivity contribution in [1.29, 1.82) is 0 Å². The van der Waals surface area contributed by atoms with Gasteiger partial charge in [0.1, 0.15) is 0 Å². The van der Waals surface area contributed by atoms with Gasteiger partial charge >= 0.3 is 0 Å². The third-order valence-electron chi connectivity index (χ3n) is 3.14. The van der Waals surface area contributed by atoms with Gasteiger partial charge in [0.2, 0.25) is 0 Å². The van der Waals surface area contributed by atoms with E-state index in [1.807, 2.05) is 43.7 Å². The lowest BCUT2D eigenvalue weighted by Gasteiger charge is -2.17. The van der Waals surface area contributed by atoms with Crippen LogP contribution in [0.2, 0.25) is 0 Å². The molecule has 1 N–H and O–H groups in total. The summed E-state index contributed by atoms with van der Waals surface area (Å²) >= 11 is 0. The second-order valence-electron chi connectivity index (χ2n) is 4.69. The van der Waals surface area contributed by atoms with E-state index in [0.717, 1.165) is 37.6 Å². The number of pyridine rings is 1. The van der Waals surface area contributed by atoms with Crippen molar-refractivity contribution < 1.29 is 0 Å². The number of anilines is 1. The first-order valence-electron chi connectivity index (χ1n) is 6.93. The minimum atomic E-state index is 0.768. The Bertz CT molecular complexity index is 497. The van der Waals surface area contributed by atoms with Crippen LogP contribution in [0.3, 0.4) is 0 Å². The highest BCUT2D eigenvalue weighted by atomic mass is 15.2. The number of likely N-dealkylation sites (N-methyl/N-ethyl adjacent to an activating group) is 1. The largest absolute Gasteiger partial charge is 0.358 e. The molecule has 0 saturated carbocycles. The van der Waals surface area contributed by atoms with E-state index in [1.54, 1.807) is 0 Å². The molecular weight excluding hydrogens is 250 g/mol. The van der Waals surface area contributed by atoms with Crippen LogP contribution in [0, 0.1) is 0 Å². The van der Waals surface area contributed by atoms with Gasteiger partial charge in [-0.2, -0.15) is 5.10 Å². The van der Waals surface area contributed by atoms with E-state index in [-0.39, 0.29) is 0 Å². The highest BCUT2D eigenvalue weighted by molar-refractivity contribution is 5.36. The van der Waals surface area contributed by atoms with Crippen LogP contribution in [-0.2, 0) is 13.0 Å². The Kier molecular flexibility index (Phi) is 5.43. The molecule has 2 aromatic heterocycles. The first-order valence-corrected chi connectivity index (χ1v) is 6.93. The minimum absolute atomic E-state index is 0.768. The second kappa shape index (κ2) is 7.55. The SMILES string of the molecule is CCNCc1ccc(N(C)CCc2ccncc2)nn1. The molecule has 2 aromatic rings. The molecule has 106 valence electrons. The van der Waals surface area contributed by atoms with Crippen molar-refractivity contribution in [2.75, 3.05) is 25.0 Å². The number of hydrogen-bond acceptors (Lipinski definition) is 5. The van der Waals surface area contributed by atoms with Crippen LogP contribution in [0.1, 0.15) is 18.2 Å². The molecule has 0 atom stereocenters. The third kappa shape index (κ3) is 4.28. The third-order valence-corrected chi connectivity index (χ3v) is 3.14. The molecule has 0 amide bonds. The summed E-state index contributed by atoms with van der Waals surface area (Å²) in [5.74, 6) is 0.902. The van der Waals surface area contributed by atoms with Gasteiger partial charge in [0, 0.05) is 32.5 Å². The summed E-state index contributed by atoms with van der Waals surface area (Å²) < 4.78 is 0. The number of aromatic nitrogens is 3. The van der Waals surface area contributed by atoms with Gasteiger partial charge in [-0.3, -0.25) is 4.98 Å². The first-order chi connectivity index (χ1) is 9.79. The summed E-state index contributed by atoms with van der Waals surface area (Å²) in [6.45, 7) is 4.69. The predicted molar refractivity (Wildman–Crippen MR) is 80.6 cm³/mol. The van der Waals surface area contributed by atoms with Crippen LogP contribution in [-0.4, -0.2) is 35.3 Å². The van der Waals surface area contributed by atoms with Gasteiger partial charge in [0.25, 0.3) is 0 Å². The summed E-state index contributed by atoms with van der Waals surface area (Å²) in [7, 11) is 2.04. The maximum absolute atomic E-state index is 4.27. The highest BCUT2D eigenvalue weighted by Crippen LogP contribution is 2.09. The van der Waals surface area contributed by atoms with Crippen LogP contribution >= 0.6 is 0 Å². The van der Waals surface area contributed by atoms with E-state index in [4.69, 9.17) is 0 Å². The quantitative estimate of drug-likeness (QED) is 0.830. The van der Waals surface area contributed by atoms with E-state index >= 15 is 0 Å². The lowest BCUT2D eigenvalue weighted by molar-refractivity contribution is 0.696. The average molecular weight is 271 g/mol. The average Bonchev–Trinajstić information content (AvgIpc) is 2.52. The molecule has 5 heteroatoms. The van der Waals surface area contributed by atoms with Crippen LogP contribution in [0.5, 0.6) is 0 Å². The minimum Gasteiger partial charge on any atom is -0.358 e. The smallest absolute Gasteiger partial charge is 0.150 e. The summed E-state index contributed by atoms with van der Waals surface area (Å²) in [6, 6.07) is 8.12. The molecule has 2 rings (SSSR count). The zero-order chi connectivity index (χ0) is 14.2. The van der Waals surface area contributed by atoms with Crippen LogP contribution in [0.15, 0.2) is 36.7 Å². The summed E-state index contributed by atoms with van der Waals surface area (Å²) in [5.41, 5.74) is 2.25. The molecule has 0 aliphatic rings. The van der Waals surface area contributed by atoms with Gasteiger partial charge in [-0.05, 0) is 42.8 Å². The molecule has 0 unspecified atom stereocenters. The Balaban J connectivity index is 1.87. The van der Waals surface area contributed by atoms with E-state index in [9.17, 15) is 0 Å². The lowest BCUT2D eigenvalue weighted by Crippen LogP contribution is -2.22. The number of nitrogens with zero attached hydrogens (tertiary/aromatic N) is 4. The maximum Gasteiger partial charge on any atom is 0.150 e. The standard InChI is InChI=1S/C15H21N5/c1-3-16-12-14-4-5-15(19-18-14)20(2)11-8-13-6-9-17-10-7-13/h4-7,9-10,16H,3,8,11-12H2,1-2H3. The Morgan fingerprint density at radius 3 is 2.55 bits per heavy atom. The molecule has 0 aliphatic heterocycles. The number of nitrogens with one attached hydrogen (secondary N) is 1. The highest BCUT2D eigenvalue weighted by Gasteiger charge is 2.04.